The first-order valence-corrected chi connectivity index (χ1v) is 7.02. The van der Waals surface area contributed by atoms with Crippen LogP contribution in [0.2, 0.25) is 0 Å². The topological polar surface area (TPSA) is 12.0 Å². The van der Waals surface area contributed by atoms with Gasteiger partial charge in [-0.15, -0.1) is 0 Å². The van der Waals surface area contributed by atoms with Crippen LogP contribution in [0.1, 0.15) is 38.2 Å². The van der Waals surface area contributed by atoms with Gasteiger partial charge in [0.05, 0.1) is 0 Å². The molecule has 1 aliphatic carbocycles. The summed E-state index contributed by atoms with van der Waals surface area (Å²) in [4.78, 5) is 0. The lowest BCUT2D eigenvalue weighted by Crippen LogP contribution is -2.28. The van der Waals surface area contributed by atoms with E-state index in [1.165, 1.54) is 37.8 Å². The summed E-state index contributed by atoms with van der Waals surface area (Å²) in [5, 5.41) is 7.98. The summed E-state index contributed by atoms with van der Waals surface area (Å²) in [5.41, 5.74) is 1.43. The summed E-state index contributed by atoms with van der Waals surface area (Å²) < 4.78 is 0. The van der Waals surface area contributed by atoms with Gasteiger partial charge in [-0.2, -0.15) is 11.3 Å². The zero-order chi connectivity index (χ0) is 10.5. The van der Waals surface area contributed by atoms with Gasteiger partial charge in [0.15, 0.2) is 0 Å². The maximum absolute atomic E-state index is 3.59. The fourth-order valence-electron chi connectivity index (χ4n) is 2.49. The first-order valence-electron chi connectivity index (χ1n) is 6.08. The van der Waals surface area contributed by atoms with E-state index in [4.69, 9.17) is 0 Å². The van der Waals surface area contributed by atoms with Crippen molar-refractivity contribution < 1.29 is 0 Å². The van der Waals surface area contributed by atoms with Crippen LogP contribution in [0.25, 0.3) is 0 Å². The lowest BCUT2D eigenvalue weighted by atomic mass is 9.80. The molecule has 0 radical (unpaired) electrons. The second-order valence-corrected chi connectivity index (χ2v) is 5.56. The molecule has 1 N–H and O–H groups in total. The average Bonchev–Trinajstić information content (AvgIpc) is 2.74. The van der Waals surface area contributed by atoms with Crippen molar-refractivity contribution in [1.29, 1.82) is 0 Å². The third-order valence-electron chi connectivity index (χ3n) is 3.60. The Balaban J connectivity index is 1.68. The maximum atomic E-state index is 3.59. The highest BCUT2D eigenvalue weighted by Crippen LogP contribution is 2.28. The number of hydrogen-bond donors (Lipinski definition) is 1. The smallest absolute Gasteiger partial charge is 0.0213 e. The van der Waals surface area contributed by atoms with E-state index < -0.39 is 0 Å². The fourth-order valence-corrected chi connectivity index (χ4v) is 3.16. The monoisotopic (exact) mass is 223 g/mol. The molecule has 0 aromatic carbocycles. The van der Waals surface area contributed by atoms with E-state index in [1.54, 1.807) is 11.3 Å². The highest BCUT2D eigenvalue weighted by atomic mass is 32.1. The Kier molecular flexibility index (Phi) is 4.21. The summed E-state index contributed by atoms with van der Waals surface area (Å²) in [6.07, 6.45) is 5.75. The van der Waals surface area contributed by atoms with E-state index in [0.717, 1.165) is 18.4 Å². The molecule has 0 amide bonds. The van der Waals surface area contributed by atoms with Crippen molar-refractivity contribution in [3.8, 4) is 0 Å². The molecule has 84 valence electrons. The molecule has 0 aliphatic heterocycles. The van der Waals surface area contributed by atoms with Crippen molar-refractivity contribution >= 4 is 11.3 Å². The Labute approximate surface area is 96.9 Å². The van der Waals surface area contributed by atoms with E-state index in [0.29, 0.717) is 0 Å². The summed E-state index contributed by atoms with van der Waals surface area (Å²) in [5.74, 6) is 1.84. The van der Waals surface area contributed by atoms with Gasteiger partial charge in [0, 0.05) is 6.54 Å². The van der Waals surface area contributed by atoms with Crippen LogP contribution in [0.3, 0.4) is 0 Å². The molecule has 1 saturated carbocycles. The third kappa shape index (κ3) is 3.32. The molecule has 2 rings (SSSR count). The van der Waals surface area contributed by atoms with Crippen LogP contribution >= 0.6 is 11.3 Å². The van der Waals surface area contributed by atoms with E-state index in [9.17, 15) is 0 Å². The molecule has 15 heavy (non-hydrogen) atoms. The van der Waals surface area contributed by atoms with Crippen molar-refractivity contribution in [3.63, 3.8) is 0 Å². The van der Waals surface area contributed by atoms with Crippen molar-refractivity contribution in [2.24, 2.45) is 11.8 Å². The van der Waals surface area contributed by atoms with Crippen LogP contribution in [-0.4, -0.2) is 6.54 Å². The molecule has 1 heterocycles. The highest BCUT2D eigenvalue weighted by molar-refractivity contribution is 7.07. The molecule has 1 fully saturated rings. The van der Waals surface area contributed by atoms with Crippen LogP contribution in [0.4, 0.5) is 0 Å². The lowest BCUT2D eigenvalue weighted by molar-refractivity contribution is 0.247. The normalized spacial score (nSPS) is 26.7. The van der Waals surface area contributed by atoms with E-state index >= 15 is 0 Å². The quantitative estimate of drug-likeness (QED) is 0.821. The number of hydrogen-bond acceptors (Lipinski definition) is 2. The second kappa shape index (κ2) is 5.66. The lowest BCUT2D eigenvalue weighted by Gasteiger charge is -2.28. The summed E-state index contributed by atoms with van der Waals surface area (Å²) >= 11 is 1.79. The molecule has 2 unspecified atom stereocenters. The van der Waals surface area contributed by atoms with Gasteiger partial charge in [0.25, 0.3) is 0 Å². The minimum absolute atomic E-state index is 0.914. The van der Waals surface area contributed by atoms with Crippen LogP contribution in [0.15, 0.2) is 16.8 Å². The van der Waals surface area contributed by atoms with Crippen molar-refractivity contribution in [1.82, 2.24) is 5.32 Å². The van der Waals surface area contributed by atoms with E-state index in [1.807, 2.05) is 0 Å². The Morgan fingerprint density at radius 2 is 2.27 bits per heavy atom. The largest absolute Gasteiger partial charge is 0.312 e. The third-order valence-corrected chi connectivity index (χ3v) is 4.34. The van der Waals surface area contributed by atoms with E-state index in [-0.39, 0.29) is 0 Å². The Morgan fingerprint density at radius 3 is 3.00 bits per heavy atom. The molecule has 1 aromatic heterocycles. The Hall–Kier alpha value is -0.340. The molecular weight excluding hydrogens is 202 g/mol. The molecule has 1 aromatic rings. The minimum Gasteiger partial charge on any atom is -0.312 e. The van der Waals surface area contributed by atoms with Crippen LogP contribution < -0.4 is 5.32 Å². The molecule has 0 saturated heterocycles. The van der Waals surface area contributed by atoms with Crippen LogP contribution in [0, 0.1) is 11.8 Å². The van der Waals surface area contributed by atoms with Crippen molar-refractivity contribution in [3.05, 3.63) is 22.4 Å². The first-order chi connectivity index (χ1) is 7.36. The minimum atomic E-state index is 0.914. The summed E-state index contributed by atoms with van der Waals surface area (Å²) in [7, 11) is 0. The highest BCUT2D eigenvalue weighted by Gasteiger charge is 2.20. The molecular formula is C13H21NS. The SMILES string of the molecule is CC1CCCCC1CNCc1ccsc1. The van der Waals surface area contributed by atoms with Crippen molar-refractivity contribution in [2.45, 2.75) is 39.2 Å². The van der Waals surface area contributed by atoms with Gasteiger partial charge in [-0.3, -0.25) is 0 Å². The summed E-state index contributed by atoms with van der Waals surface area (Å²) in [6.45, 7) is 4.67. The molecule has 0 bridgehead atoms. The Morgan fingerprint density at radius 1 is 1.40 bits per heavy atom. The predicted molar refractivity (Wildman–Crippen MR) is 67.1 cm³/mol. The predicted octanol–water partition coefficient (Wildman–Crippen LogP) is 3.66. The standard InChI is InChI=1S/C13H21NS/c1-11-4-2-3-5-13(11)9-14-8-12-6-7-15-10-12/h6-7,10-11,13-14H,2-5,8-9H2,1H3. The number of thiophene rings is 1. The van der Waals surface area contributed by atoms with E-state index in [2.05, 4.69) is 29.1 Å². The molecule has 2 atom stereocenters. The van der Waals surface area contributed by atoms with Crippen LogP contribution in [-0.2, 0) is 6.54 Å². The number of nitrogens with one attached hydrogen (secondary N) is 1. The molecule has 1 nitrogen and oxygen atoms in total. The average molecular weight is 223 g/mol. The van der Waals surface area contributed by atoms with Gasteiger partial charge in [-0.25, -0.2) is 0 Å². The van der Waals surface area contributed by atoms with Gasteiger partial charge in [0.2, 0.25) is 0 Å². The second-order valence-electron chi connectivity index (χ2n) is 4.78. The molecule has 0 spiro atoms. The van der Waals surface area contributed by atoms with Gasteiger partial charge >= 0.3 is 0 Å². The zero-order valence-electron chi connectivity index (χ0n) is 9.54. The fraction of sp³-hybridized carbons (Fsp3) is 0.692. The van der Waals surface area contributed by atoms with Gasteiger partial charge in [-0.1, -0.05) is 26.2 Å². The van der Waals surface area contributed by atoms with Gasteiger partial charge in [-0.05, 0) is 47.2 Å². The maximum Gasteiger partial charge on any atom is 0.0213 e. The summed E-state index contributed by atoms with van der Waals surface area (Å²) in [6, 6.07) is 2.21. The molecule has 2 heteroatoms. The molecule has 1 aliphatic rings. The van der Waals surface area contributed by atoms with Crippen LogP contribution in [0.5, 0.6) is 0 Å². The van der Waals surface area contributed by atoms with Gasteiger partial charge < -0.3 is 5.32 Å². The number of rotatable bonds is 4. The first kappa shape index (κ1) is 11.2. The van der Waals surface area contributed by atoms with Gasteiger partial charge in [0.1, 0.15) is 0 Å². The zero-order valence-corrected chi connectivity index (χ0v) is 10.4. The van der Waals surface area contributed by atoms with Crippen molar-refractivity contribution in [2.75, 3.05) is 6.54 Å². The Bertz CT molecular complexity index is 268.